The van der Waals surface area contributed by atoms with Crippen molar-refractivity contribution in [3.05, 3.63) is 107 Å². The van der Waals surface area contributed by atoms with E-state index in [0.29, 0.717) is 36.7 Å². The zero-order valence-corrected chi connectivity index (χ0v) is 21.3. The molecule has 1 amide bonds. The van der Waals surface area contributed by atoms with Crippen LogP contribution in [-0.4, -0.2) is 39.6 Å². The Morgan fingerprint density at radius 3 is 2.31 bits per heavy atom. The number of aryl methyl sites for hydroxylation is 2. The number of rotatable bonds is 12. The van der Waals surface area contributed by atoms with Crippen LogP contribution in [0.15, 0.2) is 77.2 Å². The van der Waals surface area contributed by atoms with Crippen LogP contribution in [-0.2, 0) is 24.2 Å². The summed E-state index contributed by atoms with van der Waals surface area (Å²) in [4.78, 5) is 39.4. The number of oxazole rings is 1. The second-order valence-corrected chi connectivity index (χ2v) is 8.88. The lowest BCUT2D eigenvalue weighted by Crippen LogP contribution is -2.23. The van der Waals surface area contributed by atoms with Crippen molar-refractivity contribution in [1.82, 2.24) is 10.3 Å². The number of nitrogens with zero attached hydrogens (tertiary/aromatic N) is 1. The van der Waals surface area contributed by atoms with Gasteiger partial charge in [-0.25, -0.2) is 9.78 Å². The van der Waals surface area contributed by atoms with Crippen molar-refractivity contribution in [3.8, 4) is 17.2 Å². The number of aliphatic carboxylic acids is 1. The van der Waals surface area contributed by atoms with Crippen LogP contribution in [0.4, 0.5) is 0 Å². The molecule has 0 aliphatic heterocycles. The van der Waals surface area contributed by atoms with E-state index in [2.05, 4.69) is 10.3 Å². The Kier molecular flexibility index (Phi) is 8.73. The van der Waals surface area contributed by atoms with Gasteiger partial charge in [0, 0.05) is 30.5 Å². The molecule has 0 unspecified atom stereocenters. The number of hydrogen-bond acceptors (Lipinski definition) is 6. The highest BCUT2D eigenvalue weighted by atomic mass is 16.5. The molecule has 0 fully saturated rings. The highest BCUT2D eigenvalue weighted by Crippen LogP contribution is 2.23. The smallest absolute Gasteiger partial charge is 0.335 e. The average Bonchev–Trinajstić information content (AvgIpc) is 3.31. The molecule has 9 nitrogen and oxygen atoms in total. The normalized spacial score (nSPS) is 10.7. The fraction of sp³-hybridized carbons (Fsp3) is 0.200. The maximum atomic E-state index is 12.6. The number of aromatic carboxylic acids is 1. The molecule has 0 bridgehead atoms. The van der Waals surface area contributed by atoms with E-state index < -0.39 is 11.9 Å². The minimum Gasteiger partial charge on any atom is -0.493 e. The highest BCUT2D eigenvalue weighted by Gasteiger charge is 2.13. The molecule has 0 saturated heterocycles. The molecule has 39 heavy (non-hydrogen) atoms. The number of hydrogen-bond donors (Lipinski definition) is 3. The SMILES string of the molecule is Cc1oc(-c2ccccc2)nc1CCOc1ccc(CCC(=O)O)c(CNC(=O)c2ccc(C(=O)O)cc2)c1. The highest BCUT2D eigenvalue weighted by molar-refractivity contribution is 5.95. The number of carbonyl (C=O) groups excluding carboxylic acids is 1. The Morgan fingerprint density at radius 2 is 1.62 bits per heavy atom. The minimum absolute atomic E-state index is 0.0486. The molecule has 0 aliphatic carbocycles. The number of aromatic nitrogens is 1. The molecule has 1 heterocycles. The van der Waals surface area contributed by atoms with Crippen LogP contribution in [0.3, 0.4) is 0 Å². The summed E-state index contributed by atoms with van der Waals surface area (Å²) >= 11 is 0. The van der Waals surface area contributed by atoms with Crippen LogP contribution in [0.1, 0.15) is 49.7 Å². The van der Waals surface area contributed by atoms with Crippen molar-refractivity contribution < 1.29 is 33.8 Å². The van der Waals surface area contributed by atoms with E-state index in [1.807, 2.05) is 37.3 Å². The number of benzene rings is 3. The van der Waals surface area contributed by atoms with Gasteiger partial charge in [0.15, 0.2) is 0 Å². The zero-order chi connectivity index (χ0) is 27.8. The molecule has 200 valence electrons. The van der Waals surface area contributed by atoms with Gasteiger partial charge in [0.05, 0.1) is 17.9 Å². The third kappa shape index (κ3) is 7.32. The van der Waals surface area contributed by atoms with Gasteiger partial charge in [0.1, 0.15) is 11.5 Å². The molecule has 9 heteroatoms. The number of amides is 1. The van der Waals surface area contributed by atoms with Crippen LogP contribution in [0.2, 0.25) is 0 Å². The third-order valence-electron chi connectivity index (χ3n) is 6.14. The van der Waals surface area contributed by atoms with Gasteiger partial charge in [-0.2, -0.15) is 0 Å². The average molecular weight is 529 g/mol. The summed E-state index contributed by atoms with van der Waals surface area (Å²) in [6.07, 6.45) is 0.781. The van der Waals surface area contributed by atoms with Crippen molar-refractivity contribution in [2.24, 2.45) is 0 Å². The second-order valence-electron chi connectivity index (χ2n) is 8.88. The lowest BCUT2D eigenvalue weighted by Gasteiger charge is -2.13. The Labute approximate surface area is 225 Å². The third-order valence-corrected chi connectivity index (χ3v) is 6.14. The summed E-state index contributed by atoms with van der Waals surface area (Å²) in [5, 5.41) is 21.0. The van der Waals surface area contributed by atoms with Gasteiger partial charge >= 0.3 is 11.9 Å². The van der Waals surface area contributed by atoms with E-state index in [1.54, 1.807) is 18.2 Å². The molecule has 3 N–H and O–H groups in total. The van der Waals surface area contributed by atoms with Gasteiger partial charge in [-0.3, -0.25) is 9.59 Å². The molecule has 0 radical (unpaired) electrons. The summed E-state index contributed by atoms with van der Waals surface area (Å²) in [5.41, 5.74) is 3.61. The van der Waals surface area contributed by atoms with E-state index in [9.17, 15) is 14.4 Å². The first-order valence-corrected chi connectivity index (χ1v) is 12.4. The van der Waals surface area contributed by atoms with Gasteiger partial charge in [0.25, 0.3) is 5.91 Å². The summed E-state index contributed by atoms with van der Waals surface area (Å²) in [6, 6.07) is 20.6. The first kappa shape index (κ1) is 27.1. The van der Waals surface area contributed by atoms with Gasteiger partial charge in [-0.1, -0.05) is 24.3 Å². The van der Waals surface area contributed by atoms with Crippen molar-refractivity contribution in [2.75, 3.05) is 6.61 Å². The molecule has 4 aromatic rings. The van der Waals surface area contributed by atoms with E-state index in [-0.39, 0.29) is 24.4 Å². The number of carbonyl (C=O) groups is 3. The molecule has 0 aliphatic rings. The summed E-state index contributed by atoms with van der Waals surface area (Å²) in [7, 11) is 0. The minimum atomic E-state index is -1.07. The summed E-state index contributed by atoms with van der Waals surface area (Å²) in [5.74, 6) is -0.506. The molecular weight excluding hydrogens is 500 g/mol. The molecule has 4 rings (SSSR count). The van der Waals surface area contributed by atoms with Gasteiger partial charge in [-0.15, -0.1) is 0 Å². The molecule has 0 spiro atoms. The molecule has 0 saturated carbocycles. The van der Waals surface area contributed by atoms with E-state index in [4.69, 9.17) is 19.4 Å². The van der Waals surface area contributed by atoms with E-state index in [0.717, 1.165) is 28.1 Å². The Hall–Kier alpha value is -4.92. The van der Waals surface area contributed by atoms with E-state index >= 15 is 0 Å². The van der Waals surface area contributed by atoms with Crippen molar-refractivity contribution in [2.45, 2.75) is 32.7 Å². The Morgan fingerprint density at radius 1 is 0.897 bits per heavy atom. The van der Waals surface area contributed by atoms with Gasteiger partial charge in [-0.05, 0) is 73.0 Å². The quantitative estimate of drug-likeness (QED) is 0.236. The predicted molar refractivity (Wildman–Crippen MR) is 143 cm³/mol. The Balaban J connectivity index is 1.41. The van der Waals surface area contributed by atoms with Crippen LogP contribution < -0.4 is 10.1 Å². The largest absolute Gasteiger partial charge is 0.493 e. The second kappa shape index (κ2) is 12.6. The number of ether oxygens (including phenoxy) is 1. The van der Waals surface area contributed by atoms with Gasteiger partial charge < -0.3 is 24.7 Å². The fourth-order valence-electron chi connectivity index (χ4n) is 4.01. The topological polar surface area (TPSA) is 139 Å². The summed E-state index contributed by atoms with van der Waals surface area (Å²) < 4.78 is 11.8. The van der Waals surface area contributed by atoms with Crippen LogP contribution in [0, 0.1) is 6.92 Å². The fourth-order valence-corrected chi connectivity index (χ4v) is 4.01. The first-order valence-electron chi connectivity index (χ1n) is 12.4. The van der Waals surface area contributed by atoms with Crippen molar-refractivity contribution in [1.29, 1.82) is 0 Å². The molecule has 3 aromatic carbocycles. The maximum Gasteiger partial charge on any atom is 0.335 e. The van der Waals surface area contributed by atoms with Crippen LogP contribution in [0.25, 0.3) is 11.5 Å². The molecule has 1 aromatic heterocycles. The van der Waals surface area contributed by atoms with Crippen LogP contribution in [0.5, 0.6) is 5.75 Å². The van der Waals surface area contributed by atoms with Crippen molar-refractivity contribution in [3.63, 3.8) is 0 Å². The predicted octanol–water partition coefficient (Wildman–Crippen LogP) is 4.92. The number of carboxylic acid groups (broad SMARTS) is 2. The zero-order valence-electron chi connectivity index (χ0n) is 21.3. The monoisotopic (exact) mass is 528 g/mol. The molecular formula is C30H28N2O7. The van der Waals surface area contributed by atoms with E-state index in [1.165, 1.54) is 24.3 Å². The Bertz CT molecular complexity index is 1460. The molecule has 0 atom stereocenters. The maximum absolute atomic E-state index is 12.6. The lowest BCUT2D eigenvalue weighted by molar-refractivity contribution is -0.136. The lowest BCUT2D eigenvalue weighted by atomic mass is 10.0. The van der Waals surface area contributed by atoms with Gasteiger partial charge in [0.2, 0.25) is 5.89 Å². The number of carboxylic acids is 2. The van der Waals surface area contributed by atoms with Crippen LogP contribution >= 0.6 is 0 Å². The first-order chi connectivity index (χ1) is 18.8. The number of nitrogens with one attached hydrogen (secondary N) is 1. The summed E-state index contributed by atoms with van der Waals surface area (Å²) in [6.45, 7) is 2.36. The van der Waals surface area contributed by atoms with Crippen molar-refractivity contribution >= 4 is 17.8 Å². The standard InChI is InChI=1S/C30H28N2O7/c1-19-26(32-29(39-19)22-5-3-2-4-6-22)15-16-38-25-13-11-20(12-14-27(33)34)24(17-25)18-31-28(35)21-7-9-23(10-8-21)30(36)37/h2-11,13,17H,12,14-16,18H2,1H3,(H,31,35)(H,33,34)(H,36,37).